The summed E-state index contributed by atoms with van der Waals surface area (Å²) < 4.78 is 0. The molecule has 3 aromatic carbocycles. The van der Waals surface area contributed by atoms with Crippen LogP contribution in [0.5, 0.6) is 0 Å². The van der Waals surface area contributed by atoms with Crippen LogP contribution in [0.15, 0.2) is 54.6 Å². The summed E-state index contributed by atoms with van der Waals surface area (Å²) in [5.41, 5.74) is 9.83. The van der Waals surface area contributed by atoms with Gasteiger partial charge in [-0.05, 0) is 75.0 Å². The van der Waals surface area contributed by atoms with E-state index < -0.39 is 7.12 Å². The number of rotatable bonds is 4. The van der Waals surface area contributed by atoms with E-state index in [1.54, 1.807) is 12.1 Å². The van der Waals surface area contributed by atoms with E-state index in [9.17, 15) is 10.0 Å². The highest BCUT2D eigenvalue weighted by molar-refractivity contribution is 6.58. The summed E-state index contributed by atoms with van der Waals surface area (Å²) in [6.07, 6.45) is 0. The smallest absolute Gasteiger partial charge is 0.423 e. The maximum absolute atomic E-state index is 9.42. The zero-order valence-corrected chi connectivity index (χ0v) is 16.6. The first-order valence-corrected chi connectivity index (χ1v) is 9.19. The van der Waals surface area contributed by atoms with Gasteiger partial charge in [0.1, 0.15) is 0 Å². The molecule has 0 amide bonds. The number of hydrogen-bond donors (Lipinski definition) is 2. The predicted molar refractivity (Wildman–Crippen MR) is 115 cm³/mol. The Bertz CT molecular complexity index is 942. The summed E-state index contributed by atoms with van der Waals surface area (Å²) in [4.78, 5) is 2.26. The van der Waals surface area contributed by atoms with Gasteiger partial charge in [0.2, 0.25) is 0 Å². The molecule has 0 spiro atoms. The Morgan fingerprint density at radius 1 is 0.667 bits per heavy atom. The van der Waals surface area contributed by atoms with Gasteiger partial charge < -0.3 is 14.9 Å². The summed E-state index contributed by atoms with van der Waals surface area (Å²) in [5.74, 6) is 0. The fourth-order valence-electron chi connectivity index (χ4n) is 3.77. The lowest BCUT2D eigenvalue weighted by atomic mass is 9.80. The van der Waals surface area contributed by atoms with E-state index in [4.69, 9.17) is 0 Å². The van der Waals surface area contributed by atoms with E-state index in [0.29, 0.717) is 5.46 Å². The van der Waals surface area contributed by atoms with Crippen LogP contribution in [0.2, 0.25) is 0 Å². The fraction of sp³-hybridized carbons (Fsp3) is 0.217. The summed E-state index contributed by atoms with van der Waals surface area (Å²) in [6, 6.07) is 18.3. The number of nitrogens with zero attached hydrogens (tertiary/aromatic N) is 1. The predicted octanol–water partition coefficient (Wildman–Crippen LogP) is 4.38. The lowest BCUT2D eigenvalue weighted by Crippen LogP contribution is -2.29. The molecule has 27 heavy (non-hydrogen) atoms. The molecule has 3 rings (SSSR count). The molecule has 0 aliphatic carbocycles. The van der Waals surface area contributed by atoms with Crippen LogP contribution in [-0.2, 0) is 0 Å². The van der Waals surface area contributed by atoms with Crippen molar-refractivity contribution in [3.8, 4) is 0 Å². The number of aryl methyl sites for hydroxylation is 5. The molecule has 0 atom stereocenters. The first-order chi connectivity index (χ1) is 12.8. The van der Waals surface area contributed by atoms with Crippen molar-refractivity contribution in [3.05, 3.63) is 82.4 Å². The molecule has 0 radical (unpaired) electrons. The van der Waals surface area contributed by atoms with E-state index in [-0.39, 0.29) is 0 Å². The summed E-state index contributed by atoms with van der Waals surface area (Å²) in [5, 5.41) is 18.8. The highest BCUT2D eigenvalue weighted by Gasteiger charge is 2.20. The van der Waals surface area contributed by atoms with Crippen molar-refractivity contribution in [1.29, 1.82) is 0 Å². The second kappa shape index (κ2) is 7.59. The van der Waals surface area contributed by atoms with Crippen LogP contribution in [0.3, 0.4) is 0 Å². The van der Waals surface area contributed by atoms with Crippen LogP contribution in [0.1, 0.15) is 27.8 Å². The molecule has 4 heteroatoms. The van der Waals surface area contributed by atoms with Gasteiger partial charge in [-0.3, -0.25) is 0 Å². The summed E-state index contributed by atoms with van der Waals surface area (Å²) >= 11 is 0. The molecule has 0 fully saturated rings. The van der Waals surface area contributed by atoms with Crippen molar-refractivity contribution in [1.82, 2.24) is 0 Å². The van der Waals surface area contributed by atoms with Gasteiger partial charge in [0.05, 0.1) is 5.69 Å². The topological polar surface area (TPSA) is 43.7 Å². The van der Waals surface area contributed by atoms with Gasteiger partial charge >= 0.3 is 7.12 Å². The molecule has 0 heterocycles. The average molecular weight is 359 g/mol. The third-order valence-electron chi connectivity index (χ3n) is 4.90. The Morgan fingerprint density at radius 2 is 1.22 bits per heavy atom. The monoisotopic (exact) mass is 359 g/mol. The minimum atomic E-state index is -1.46. The highest BCUT2D eigenvalue weighted by Crippen LogP contribution is 2.40. The number of anilines is 3. The zero-order chi connectivity index (χ0) is 19.7. The van der Waals surface area contributed by atoms with Crippen LogP contribution < -0.4 is 10.4 Å². The molecule has 0 saturated carbocycles. The second-order valence-corrected chi connectivity index (χ2v) is 7.34. The first kappa shape index (κ1) is 19.2. The normalized spacial score (nSPS) is 10.8. The van der Waals surface area contributed by atoms with Crippen LogP contribution in [0.25, 0.3) is 0 Å². The lowest BCUT2D eigenvalue weighted by Gasteiger charge is -2.30. The van der Waals surface area contributed by atoms with Crippen molar-refractivity contribution in [2.75, 3.05) is 4.90 Å². The molecule has 138 valence electrons. The fourth-order valence-corrected chi connectivity index (χ4v) is 3.77. The Labute approximate surface area is 162 Å². The molecular formula is C23H26BNO2. The maximum atomic E-state index is 9.42. The molecule has 3 nitrogen and oxygen atoms in total. The quantitative estimate of drug-likeness (QED) is 0.680. The Morgan fingerprint density at radius 3 is 1.74 bits per heavy atom. The van der Waals surface area contributed by atoms with Gasteiger partial charge in [0.25, 0.3) is 0 Å². The van der Waals surface area contributed by atoms with Crippen molar-refractivity contribution < 1.29 is 10.0 Å². The number of hydrogen-bond acceptors (Lipinski definition) is 3. The van der Waals surface area contributed by atoms with Gasteiger partial charge in [-0.25, -0.2) is 0 Å². The molecule has 2 N–H and O–H groups in total. The molecule has 0 aliphatic rings. The van der Waals surface area contributed by atoms with Gasteiger partial charge in [-0.15, -0.1) is 0 Å². The minimum Gasteiger partial charge on any atom is -0.423 e. The summed E-state index contributed by atoms with van der Waals surface area (Å²) in [7, 11) is -1.46. The SMILES string of the molecule is Cc1ccc(N(c2ccc(B(O)O)cc2)c2c(C)cc(C)cc2C)c(C)c1. The van der Waals surface area contributed by atoms with Gasteiger partial charge in [0.15, 0.2) is 0 Å². The van der Waals surface area contributed by atoms with E-state index in [1.807, 2.05) is 12.1 Å². The molecule has 0 aliphatic heterocycles. The first-order valence-electron chi connectivity index (χ1n) is 9.19. The maximum Gasteiger partial charge on any atom is 0.488 e. The molecule has 0 unspecified atom stereocenters. The summed E-state index contributed by atoms with van der Waals surface area (Å²) in [6.45, 7) is 10.6. The van der Waals surface area contributed by atoms with Crippen molar-refractivity contribution >= 4 is 29.6 Å². The number of benzene rings is 3. The Balaban J connectivity index is 2.24. The van der Waals surface area contributed by atoms with E-state index in [0.717, 1.165) is 17.1 Å². The average Bonchev–Trinajstić information content (AvgIpc) is 2.59. The van der Waals surface area contributed by atoms with Crippen molar-refractivity contribution in [2.24, 2.45) is 0 Å². The molecule has 3 aromatic rings. The standard InChI is InChI=1S/C23H26BNO2/c1-15-6-11-22(17(3)12-15)25(21-9-7-20(8-10-21)24(26)27)23-18(4)13-16(2)14-19(23)5/h6-14,26-27H,1-5H3. The van der Waals surface area contributed by atoms with E-state index in [1.165, 1.54) is 27.8 Å². The largest absolute Gasteiger partial charge is 0.488 e. The highest BCUT2D eigenvalue weighted by atomic mass is 16.4. The van der Waals surface area contributed by atoms with Gasteiger partial charge in [-0.1, -0.05) is 47.5 Å². The van der Waals surface area contributed by atoms with Crippen molar-refractivity contribution in [2.45, 2.75) is 34.6 Å². The molecule has 0 bridgehead atoms. The van der Waals surface area contributed by atoms with Crippen LogP contribution >= 0.6 is 0 Å². The van der Waals surface area contributed by atoms with E-state index in [2.05, 4.69) is 69.9 Å². The van der Waals surface area contributed by atoms with Crippen LogP contribution in [-0.4, -0.2) is 17.2 Å². The van der Waals surface area contributed by atoms with Crippen LogP contribution in [0.4, 0.5) is 17.1 Å². The Kier molecular flexibility index (Phi) is 5.40. The van der Waals surface area contributed by atoms with Gasteiger partial charge in [0, 0.05) is 11.4 Å². The second-order valence-electron chi connectivity index (χ2n) is 7.34. The van der Waals surface area contributed by atoms with E-state index >= 15 is 0 Å². The molecular weight excluding hydrogens is 333 g/mol. The zero-order valence-electron chi connectivity index (χ0n) is 16.6. The van der Waals surface area contributed by atoms with Gasteiger partial charge in [-0.2, -0.15) is 0 Å². The van der Waals surface area contributed by atoms with Crippen molar-refractivity contribution in [3.63, 3.8) is 0 Å². The lowest BCUT2D eigenvalue weighted by molar-refractivity contribution is 0.426. The third kappa shape index (κ3) is 3.92. The van der Waals surface area contributed by atoms with Crippen LogP contribution in [0, 0.1) is 34.6 Å². The molecule has 0 aromatic heterocycles. The minimum absolute atomic E-state index is 0.483. The molecule has 0 saturated heterocycles. The third-order valence-corrected chi connectivity index (χ3v) is 4.90. The Hall–Kier alpha value is -2.56.